The zero-order valence-electron chi connectivity index (χ0n) is 15.0. The Hall–Kier alpha value is -0.175. The molecule has 20 heavy (non-hydrogen) atoms. The molecule has 0 fully saturated rings. The predicted molar refractivity (Wildman–Crippen MR) is 89.8 cm³/mol. The Morgan fingerprint density at radius 2 is 1.00 bits per heavy atom. The van der Waals surface area contributed by atoms with Crippen LogP contribution in [0.1, 0.15) is 0 Å². The maximum Gasteiger partial charge on any atom is 0.397 e. The lowest BCUT2D eigenvalue weighted by atomic mass is 9.81. The van der Waals surface area contributed by atoms with Crippen LogP contribution in [0.15, 0.2) is 0 Å². The Morgan fingerprint density at radius 3 is 1.20 bits per heavy atom. The molecule has 0 aromatic heterocycles. The van der Waals surface area contributed by atoms with Crippen LogP contribution in [0.4, 0.5) is 0 Å². The van der Waals surface area contributed by atoms with Gasteiger partial charge in [-0.05, 0) is 63.4 Å². The summed E-state index contributed by atoms with van der Waals surface area (Å²) in [5.74, 6) is 0. The van der Waals surface area contributed by atoms with Crippen LogP contribution >= 0.6 is 0 Å². The molecule has 0 rings (SSSR count). The molecule has 0 aliphatic carbocycles. The Kier molecular flexibility index (Phi) is 8.24. The summed E-state index contributed by atoms with van der Waals surface area (Å²) in [4.78, 5) is 11.1. The van der Waals surface area contributed by atoms with E-state index in [0.717, 1.165) is 19.6 Å². The van der Waals surface area contributed by atoms with Crippen molar-refractivity contribution in [2.45, 2.75) is 5.54 Å². The van der Waals surface area contributed by atoms with E-state index in [1.54, 1.807) is 0 Å². The first kappa shape index (κ1) is 19.8. The van der Waals surface area contributed by atoms with Gasteiger partial charge in [-0.1, -0.05) is 0 Å². The Morgan fingerprint density at radius 1 is 0.700 bits per heavy atom. The van der Waals surface area contributed by atoms with Crippen molar-refractivity contribution in [1.82, 2.24) is 24.3 Å². The second-order valence-corrected chi connectivity index (χ2v) is 6.93. The van der Waals surface area contributed by atoms with Gasteiger partial charge in [-0.3, -0.25) is 0 Å². The molecule has 2 N–H and O–H groups in total. The van der Waals surface area contributed by atoms with Gasteiger partial charge < -0.3 is 30.0 Å². The average Bonchev–Trinajstić information content (AvgIpc) is 2.23. The number of hydrogen-bond acceptors (Lipinski definition) is 6. The Balaban J connectivity index is 5.44. The monoisotopic (exact) mass is 286 g/mol. The van der Waals surface area contributed by atoms with Crippen LogP contribution in [-0.4, -0.2) is 120 Å². The summed E-state index contributed by atoms with van der Waals surface area (Å²) in [5, 5.41) is 0. The van der Waals surface area contributed by atoms with E-state index < -0.39 is 0 Å². The van der Waals surface area contributed by atoms with Gasteiger partial charge in [-0.2, -0.15) is 0 Å². The molecule has 0 bridgehead atoms. The quantitative estimate of drug-likeness (QED) is 0.540. The fourth-order valence-corrected chi connectivity index (χ4v) is 2.88. The van der Waals surface area contributed by atoms with Crippen molar-refractivity contribution >= 4 is 7.12 Å². The van der Waals surface area contributed by atoms with E-state index >= 15 is 0 Å². The second kappa shape index (κ2) is 8.31. The summed E-state index contributed by atoms with van der Waals surface area (Å²) in [5.41, 5.74) is 6.34. The van der Waals surface area contributed by atoms with Gasteiger partial charge in [-0.25, -0.2) is 0 Å². The Bertz CT molecular complexity index is 243. The number of rotatable bonds is 9. The highest BCUT2D eigenvalue weighted by Gasteiger charge is 2.41. The van der Waals surface area contributed by atoms with E-state index in [0.29, 0.717) is 0 Å². The number of nitrogens with two attached hydrogens (primary N) is 1. The summed E-state index contributed by atoms with van der Waals surface area (Å²) in [6, 6.07) is 0. The molecule has 0 spiro atoms. The molecular weight excluding hydrogens is 251 g/mol. The molecule has 7 heteroatoms. The van der Waals surface area contributed by atoms with Crippen LogP contribution in [0, 0.1) is 0 Å². The van der Waals surface area contributed by atoms with Crippen molar-refractivity contribution in [2.24, 2.45) is 5.64 Å². The third-order valence-corrected chi connectivity index (χ3v) is 3.51. The first-order valence-electron chi connectivity index (χ1n) is 7.11. The standard InChI is InChI=1S/C13H35BN6/c1-16(2)10-13(11-17(3)4,12-18(5)6)20(9)14(15)19(7)8/h10-12,15H2,1-9H3. The third kappa shape index (κ3) is 6.07. The highest BCUT2D eigenvalue weighted by atomic mass is 15.3. The van der Waals surface area contributed by atoms with Crippen molar-refractivity contribution in [3.8, 4) is 0 Å². The second-order valence-electron chi connectivity index (χ2n) is 6.93. The molecule has 0 aromatic rings. The maximum absolute atomic E-state index is 6.37. The minimum atomic E-state index is -0.102. The molecule has 120 valence electrons. The molecule has 0 unspecified atom stereocenters. The normalized spacial score (nSPS) is 13.3. The Labute approximate surface area is 126 Å². The molecular formula is C13H35BN6. The van der Waals surface area contributed by atoms with Gasteiger partial charge in [0.2, 0.25) is 0 Å². The number of hydrogen-bond donors (Lipinski definition) is 1. The summed E-state index contributed by atoms with van der Waals surface area (Å²) in [6.45, 7) is 2.88. The highest BCUT2D eigenvalue weighted by molar-refractivity contribution is 6.48. The van der Waals surface area contributed by atoms with Crippen LogP contribution in [0.2, 0.25) is 0 Å². The van der Waals surface area contributed by atoms with Gasteiger partial charge in [0.25, 0.3) is 0 Å². The molecule has 0 amide bonds. The van der Waals surface area contributed by atoms with Crippen molar-refractivity contribution in [2.75, 3.05) is 83.1 Å². The van der Waals surface area contributed by atoms with Crippen LogP contribution in [-0.2, 0) is 0 Å². The zero-order chi connectivity index (χ0) is 16.1. The highest BCUT2D eigenvalue weighted by Crippen LogP contribution is 2.18. The molecule has 0 saturated heterocycles. The fraction of sp³-hybridized carbons (Fsp3) is 1.00. The van der Waals surface area contributed by atoms with Crippen LogP contribution in [0.25, 0.3) is 0 Å². The van der Waals surface area contributed by atoms with E-state index in [9.17, 15) is 0 Å². The maximum atomic E-state index is 6.37. The summed E-state index contributed by atoms with van der Waals surface area (Å²) >= 11 is 0. The number of likely N-dealkylation sites (N-methyl/N-ethyl adjacent to an activating group) is 4. The SMILES string of the molecule is CN(C)CC(CN(C)C)(CN(C)C)N(C)B(N)N(C)C. The lowest BCUT2D eigenvalue weighted by molar-refractivity contribution is 0.0811. The average molecular weight is 286 g/mol. The largest absolute Gasteiger partial charge is 0.397 e. The van der Waals surface area contributed by atoms with Gasteiger partial charge in [0.15, 0.2) is 0 Å². The lowest BCUT2D eigenvalue weighted by Gasteiger charge is -2.49. The smallest absolute Gasteiger partial charge is 0.341 e. The van der Waals surface area contributed by atoms with Crippen molar-refractivity contribution < 1.29 is 0 Å². The molecule has 0 aliphatic rings. The van der Waals surface area contributed by atoms with Gasteiger partial charge in [0.1, 0.15) is 0 Å². The third-order valence-electron chi connectivity index (χ3n) is 3.51. The minimum absolute atomic E-state index is 0.0276. The van der Waals surface area contributed by atoms with Crippen LogP contribution in [0.5, 0.6) is 0 Å². The van der Waals surface area contributed by atoms with E-state index in [2.05, 4.69) is 73.7 Å². The van der Waals surface area contributed by atoms with E-state index in [1.807, 2.05) is 14.1 Å². The molecule has 0 radical (unpaired) electrons. The van der Waals surface area contributed by atoms with Crippen LogP contribution in [0.3, 0.4) is 0 Å². The van der Waals surface area contributed by atoms with Gasteiger partial charge in [0, 0.05) is 19.6 Å². The van der Waals surface area contributed by atoms with Crippen molar-refractivity contribution in [3.05, 3.63) is 0 Å². The molecule has 0 aromatic carbocycles. The van der Waals surface area contributed by atoms with Crippen molar-refractivity contribution in [1.29, 1.82) is 0 Å². The van der Waals surface area contributed by atoms with Gasteiger partial charge in [-0.15, -0.1) is 0 Å². The topological polar surface area (TPSA) is 42.2 Å². The van der Waals surface area contributed by atoms with E-state index in [1.165, 1.54) is 0 Å². The molecule has 6 nitrogen and oxygen atoms in total. The first-order chi connectivity index (χ1) is 9.01. The van der Waals surface area contributed by atoms with Crippen LogP contribution < -0.4 is 5.64 Å². The predicted octanol–water partition coefficient (Wildman–Crippen LogP) is -1.15. The van der Waals surface area contributed by atoms with Gasteiger partial charge in [0.05, 0.1) is 5.54 Å². The first-order valence-corrected chi connectivity index (χ1v) is 7.11. The van der Waals surface area contributed by atoms with Crippen molar-refractivity contribution in [3.63, 3.8) is 0 Å². The summed E-state index contributed by atoms with van der Waals surface area (Å²) in [6.07, 6.45) is 0. The minimum Gasteiger partial charge on any atom is -0.341 e. The van der Waals surface area contributed by atoms with Gasteiger partial charge >= 0.3 is 7.12 Å². The molecule has 0 aliphatic heterocycles. The zero-order valence-corrected chi connectivity index (χ0v) is 15.0. The number of nitrogens with zero attached hydrogens (tertiary/aromatic N) is 5. The summed E-state index contributed by atoms with van der Waals surface area (Å²) < 4.78 is 0. The van der Waals surface area contributed by atoms with E-state index in [4.69, 9.17) is 5.64 Å². The molecule has 0 saturated carbocycles. The summed E-state index contributed by atoms with van der Waals surface area (Å²) in [7, 11) is 18.8. The van der Waals surface area contributed by atoms with E-state index in [-0.39, 0.29) is 12.7 Å². The fourth-order valence-electron chi connectivity index (χ4n) is 2.88. The molecule has 0 atom stereocenters. The lowest BCUT2D eigenvalue weighted by Crippen LogP contribution is -2.71. The molecule has 0 heterocycles.